The summed E-state index contributed by atoms with van der Waals surface area (Å²) in [6.07, 6.45) is 7.52. The van der Waals surface area contributed by atoms with Crippen LogP contribution in [0.25, 0.3) is 5.57 Å². The van der Waals surface area contributed by atoms with Crippen LogP contribution < -0.4 is 5.32 Å². The number of hydrogen-bond acceptors (Lipinski definition) is 1. The topological polar surface area (TPSA) is 12.0 Å². The van der Waals surface area contributed by atoms with Crippen molar-refractivity contribution in [3.05, 3.63) is 88.0 Å². The summed E-state index contributed by atoms with van der Waals surface area (Å²) in [7, 11) is 1.91. The van der Waals surface area contributed by atoms with Crippen LogP contribution in [0.3, 0.4) is 0 Å². The standard InChI is InChI=1S/C23H26BrN/c1-16-8-9-18-6-4-5-7-21(18)23(16)14-19-10-11-20(24)15-22(19)17(2)12-13-25-3/h4-7,10-13,15-16,23,25H,2,8-9,14H2,1,3H3/b13-12-/t16?,23-/m1/s1. The van der Waals surface area contributed by atoms with E-state index in [0.29, 0.717) is 11.8 Å². The normalized spacial score (nSPS) is 19.6. The van der Waals surface area contributed by atoms with Gasteiger partial charge in [-0.3, -0.25) is 0 Å². The van der Waals surface area contributed by atoms with Gasteiger partial charge in [0.2, 0.25) is 0 Å². The van der Waals surface area contributed by atoms with Gasteiger partial charge in [0, 0.05) is 11.5 Å². The minimum atomic E-state index is 0.575. The van der Waals surface area contributed by atoms with Crippen molar-refractivity contribution in [2.75, 3.05) is 7.05 Å². The Kier molecular flexibility index (Phi) is 5.80. The van der Waals surface area contributed by atoms with Crippen molar-refractivity contribution >= 4 is 21.5 Å². The second kappa shape index (κ2) is 8.05. The molecule has 1 nitrogen and oxygen atoms in total. The number of fused-ring (bicyclic) bond motifs is 1. The second-order valence-corrected chi connectivity index (χ2v) is 7.89. The smallest absolute Gasteiger partial charge is 0.0181 e. The number of rotatable bonds is 5. The van der Waals surface area contributed by atoms with E-state index in [1.54, 1.807) is 0 Å². The van der Waals surface area contributed by atoms with E-state index < -0.39 is 0 Å². The summed E-state index contributed by atoms with van der Waals surface area (Å²) >= 11 is 3.61. The Bertz CT molecular complexity index is 790. The van der Waals surface area contributed by atoms with Crippen molar-refractivity contribution in [3.63, 3.8) is 0 Å². The molecule has 0 saturated carbocycles. The van der Waals surface area contributed by atoms with Gasteiger partial charge < -0.3 is 5.32 Å². The molecule has 2 atom stereocenters. The quantitative estimate of drug-likeness (QED) is 0.602. The first kappa shape index (κ1) is 18.0. The van der Waals surface area contributed by atoms with Gasteiger partial charge in [-0.15, -0.1) is 0 Å². The fraction of sp³-hybridized carbons (Fsp3) is 0.304. The van der Waals surface area contributed by atoms with Crippen LogP contribution in [-0.4, -0.2) is 7.05 Å². The third-order valence-electron chi connectivity index (χ3n) is 5.32. The molecular weight excluding hydrogens is 370 g/mol. The van der Waals surface area contributed by atoms with E-state index in [1.807, 2.05) is 19.3 Å². The summed E-state index contributed by atoms with van der Waals surface area (Å²) in [5.41, 5.74) is 6.71. The molecule has 0 amide bonds. The summed E-state index contributed by atoms with van der Waals surface area (Å²) in [6.45, 7) is 6.67. The lowest BCUT2D eigenvalue weighted by atomic mass is 9.73. The molecule has 0 aliphatic heterocycles. The molecule has 3 rings (SSSR count). The molecule has 25 heavy (non-hydrogen) atoms. The van der Waals surface area contributed by atoms with Gasteiger partial charge >= 0.3 is 0 Å². The minimum absolute atomic E-state index is 0.575. The van der Waals surface area contributed by atoms with Crippen LogP contribution in [0.1, 0.15) is 41.5 Å². The molecule has 1 aliphatic carbocycles. The maximum Gasteiger partial charge on any atom is 0.0181 e. The summed E-state index contributed by atoms with van der Waals surface area (Å²) in [6, 6.07) is 15.6. The van der Waals surface area contributed by atoms with Crippen molar-refractivity contribution in [3.8, 4) is 0 Å². The average Bonchev–Trinajstić information content (AvgIpc) is 2.63. The van der Waals surface area contributed by atoms with Gasteiger partial charge in [0.1, 0.15) is 0 Å². The monoisotopic (exact) mass is 395 g/mol. The molecule has 0 saturated heterocycles. The highest BCUT2D eigenvalue weighted by atomic mass is 79.9. The summed E-state index contributed by atoms with van der Waals surface area (Å²) < 4.78 is 1.10. The largest absolute Gasteiger partial charge is 0.394 e. The van der Waals surface area contributed by atoms with Crippen molar-refractivity contribution in [1.29, 1.82) is 0 Å². The fourth-order valence-corrected chi connectivity index (χ4v) is 4.22. The molecule has 1 N–H and O–H groups in total. The molecule has 2 aromatic rings. The predicted molar refractivity (Wildman–Crippen MR) is 112 cm³/mol. The number of allylic oxidation sites excluding steroid dienone is 2. The van der Waals surface area contributed by atoms with Gasteiger partial charge in [-0.1, -0.05) is 59.8 Å². The van der Waals surface area contributed by atoms with Crippen molar-refractivity contribution < 1.29 is 0 Å². The molecule has 0 heterocycles. The van der Waals surface area contributed by atoms with Crippen molar-refractivity contribution in [2.45, 2.75) is 32.1 Å². The van der Waals surface area contributed by atoms with Crippen LogP contribution in [0.15, 0.2) is 65.8 Å². The van der Waals surface area contributed by atoms with Crippen LogP contribution in [0, 0.1) is 5.92 Å². The summed E-state index contributed by atoms with van der Waals surface area (Å²) in [5.74, 6) is 1.28. The van der Waals surface area contributed by atoms with Crippen molar-refractivity contribution in [2.24, 2.45) is 5.92 Å². The highest BCUT2D eigenvalue weighted by Gasteiger charge is 2.27. The van der Waals surface area contributed by atoms with Gasteiger partial charge in [-0.2, -0.15) is 0 Å². The number of benzene rings is 2. The van der Waals surface area contributed by atoms with Crippen LogP contribution in [0.5, 0.6) is 0 Å². The van der Waals surface area contributed by atoms with Gasteiger partial charge in [0.25, 0.3) is 0 Å². The summed E-state index contributed by atoms with van der Waals surface area (Å²) in [5, 5.41) is 3.05. The number of nitrogens with one attached hydrogen (secondary N) is 1. The maximum atomic E-state index is 4.27. The first-order valence-electron chi connectivity index (χ1n) is 8.99. The van der Waals surface area contributed by atoms with E-state index in [2.05, 4.69) is 77.2 Å². The zero-order chi connectivity index (χ0) is 17.8. The van der Waals surface area contributed by atoms with Gasteiger partial charge in [-0.05, 0) is 83.3 Å². The number of aryl methyl sites for hydroxylation is 1. The molecule has 2 heteroatoms. The van der Waals surface area contributed by atoms with Crippen LogP contribution in [-0.2, 0) is 12.8 Å². The number of hydrogen-bond donors (Lipinski definition) is 1. The van der Waals surface area contributed by atoms with E-state index in [1.165, 1.54) is 35.1 Å². The zero-order valence-corrected chi connectivity index (χ0v) is 16.6. The third-order valence-corrected chi connectivity index (χ3v) is 5.81. The van der Waals surface area contributed by atoms with Gasteiger partial charge in [-0.25, -0.2) is 0 Å². The van der Waals surface area contributed by atoms with Crippen LogP contribution >= 0.6 is 15.9 Å². The van der Waals surface area contributed by atoms with E-state index in [-0.39, 0.29) is 0 Å². The van der Waals surface area contributed by atoms with E-state index in [9.17, 15) is 0 Å². The summed E-state index contributed by atoms with van der Waals surface area (Å²) in [4.78, 5) is 0. The molecule has 0 aromatic heterocycles. The molecule has 1 unspecified atom stereocenters. The maximum absolute atomic E-state index is 4.27. The zero-order valence-electron chi connectivity index (χ0n) is 15.1. The minimum Gasteiger partial charge on any atom is -0.394 e. The first-order chi connectivity index (χ1) is 12.1. The van der Waals surface area contributed by atoms with E-state index in [4.69, 9.17) is 0 Å². The highest BCUT2D eigenvalue weighted by Crippen LogP contribution is 2.39. The molecular formula is C23H26BrN. The predicted octanol–water partition coefficient (Wildman–Crippen LogP) is 6.10. The third kappa shape index (κ3) is 4.07. The Morgan fingerprint density at radius 1 is 1.28 bits per heavy atom. The lowest BCUT2D eigenvalue weighted by molar-refractivity contribution is 0.400. The molecule has 130 valence electrons. The van der Waals surface area contributed by atoms with E-state index in [0.717, 1.165) is 16.5 Å². The number of halogens is 1. The van der Waals surface area contributed by atoms with E-state index >= 15 is 0 Å². The molecule has 0 fully saturated rings. The lowest BCUT2D eigenvalue weighted by Gasteiger charge is -2.32. The first-order valence-corrected chi connectivity index (χ1v) is 9.78. The molecule has 0 radical (unpaired) electrons. The van der Waals surface area contributed by atoms with Gasteiger partial charge in [0.15, 0.2) is 0 Å². The fourth-order valence-electron chi connectivity index (χ4n) is 3.86. The Morgan fingerprint density at radius 2 is 2.08 bits per heavy atom. The SMILES string of the molecule is C=C(/C=C\NC)c1cc(Br)ccc1C[C@H]1c2ccccc2CCC1C. The Morgan fingerprint density at radius 3 is 2.88 bits per heavy atom. The Labute approximate surface area is 160 Å². The average molecular weight is 396 g/mol. The molecule has 2 aromatic carbocycles. The second-order valence-electron chi connectivity index (χ2n) is 6.97. The van der Waals surface area contributed by atoms with Crippen LogP contribution in [0.2, 0.25) is 0 Å². The molecule has 1 aliphatic rings. The lowest BCUT2D eigenvalue weighted by Crippen LogP contribution is -2.20. The Hall–Kier alpha value is -1.80. The molecule has 0 bridgehead atoms. The van der Waals surface area contributed by atoms with Crippen LogP contribution in [0.4, 0.5) is 0 Å². The molecule has 0 spiro atoms. The van der Waals surface area contributed by atoms with Crippen molar-refractivity contribution in [1.82, 2.24) is 5.32 Å². The highest BCUT2D eigenvalue weighted by molar-refractivity contribution is 9.10. The Balaban J connectivity index is 1.95. The van der Waals surface area contributed by atoms with Gasteiger partial charge in [0.05, 0.1) is 0 Å².